The number of likely N-dealkylation sites (N-methyl/N-ethyl adjacent to an activating group) is 1. The van der Waals surface area contributed by atoms with Crippen molar-refractivity contribution >= 4 is 52.5 Å². The highest BCUT2D eigenvalue weighted by Crippen LogP contribution is 2.43. The van der Waals surface area contributed by atoms with Crippen LogP contribution in [-0.4, -0.2) is 24.1 Å². The number of nitrogens with one attached hydrogen (secondary N) is 1. The van der Waals surface area contributed by atoms with Crippen LogP contribution in [0.25, 0.3) is 0 Å². The molecular formula is C21H17Cl2N3O2S. The SMILES string of the molecule is CNC(=O)/C(C#N)=C1\S[C@H](Cc2ccc(Cl)c(Cl)c2)C(=O)N1c1ccccc1C. The highest BCUT2D eigenvalue weighted by Gasteiger charge is 2.41. The largest absolute Gasteiger partial charge is 0.354 e. The summed E-state index contributed by atoms with van der Waals surface area (Å²) in [4.78, 5) is 27.1. The smallest absolute Gasteiger partial charge is 0.264 e. The fraction of sp³-hybridized carbons (Fsp3) is 0.190. The Balaban J connectivity index is 2.07. The van der Waals surface area contributed by atoms with Gasteiger partial charge in [-0.15, -0.1) is 0 Å². The van der Waals surface area contributed by atoms with Gasteiger partial charge in [0.25, 0.3) is 5.91 Å². The molecule has 2 aromatic rings. The van der Waals surface area contributed by atoms with Gasteiger partial charge in [0.15, 0.2) is 0 Å². The Morgan fingerprint density at radius 3 is 2.59 bits per heavy atom. The Kier molecular flexibility index (Phi) is 6.53. The number of benzene rings is 2. The van der Waals surface area contributed by atoms with Crippen LogP contribution in [0.2, 0.25) is 10.0 Å². The molecule has 1 fully saturated rings. The van der Waals surface area contributed by atoms with Gasteiger partial charge in [0.2, 0.25) is 5.91 Å². The van der Waals surface area contributed by atoms with Crippen molar-refractivity contribution in [2.24, 2.45) is 0 Å². The Bertz CT molecular complexity index is 1060. The molecule has 1 aliphatic heterocycles. The van der Waals surface area contributed by atoms with Crippen LogP contribution in [0.5, 0.6) is 0 Å². The lowest BCUT2D eigenvalue weighted by molar-refractivity contribution is -0.117. The molecule has 0 aromatic heterocycles. The van der Waals surface area contributed by atoms with E-state index in [1.54, 1.807) is 18.2 Å². The number of carbonyl (C=O) groups is 2. The quantitative estimate of drug-likeness (QED) is 0.556. The summed E-state index contributed by atoms with van der Waals surface area (Å²) in [6.07, 6.45) is 0.388. The van der Waals surface area contributed by atoms with Gasteiger partial charge in [-0.25, -0.2) is 0 Å². The van der Waals surface area contributed by atoms with Crippen LogP contribution in [0.3, 0.4) is 0 Å². The van der Waals surface area contributed by atoms with Gasteiger partial charge in [0.05, 0.1) is 21.0 Å². The number of hydrogen-bond donors (Lipinski definition) is 1. The molecule has 0 aliphatic carbocycles. The van der Waals surface area contributed by atoms with Crippen molar-refractivity contribution in [2.45, 2.75) is 18.6 Å². The van der Waals surface area contributed by atoms with Crippen LogP contribution in [0.15, 0.2) is 53.1 Å². The Morgan fingerprint density at radius 2 is 1.97 bits per heavy atom. The van der Waals surface area contributed by atoms with Gasteiger partial charge in [0, 0.05) is 7.05 Å². The summed E-state index contributed by atoms with van der Waals surface area (Å²) in [6.45, 7) is 1.88. The third-order valence-corrected chi connectivity index (χ3v) is 6.50. The van der Waals surface area contributed by atoms with Crippen molar-refractivity contribution in [3.05, 3.63) is 74.2 Å². The molecule has 1 atom stereocenters. The average Bonchev–Trinajstić information content (AvgIpc) is 3.01. The molecule has 148 valence electrons. The van der Waals surface area contributed by atoms with E-state index in [1.165, 1.54) is 23.7 Å². The van der Waals surface area contributed by atoms with E-state index in [-0.39, 0.29) is 11.5 Å². The molecule has 0 bridgehead atoms. The molecule has 3 rings (SSSR count). The van der Waals surface area contributed by atoms with Gasteiger partial charge in [-0.2, -0.15) is 5.26 Å². The van der Waals surface area contributed by atoms with Crippen LogP contribution in [0.4, 0.5) is 5.69 Å². The van der Waals surface area contributed by atoms with E-state index in [4.69, 9.17) is 23.2 Å². The summed E-state index contributed by atoms with van der Waals surface area (Å²) < 4.78 is 0. The minimum Gasteiger partial charge on any atom is -0.354 e. The first-order valence-electron chi connectivity index (χ1n) is 8.74. The maximum absolute atomic E-state index is 13.3. The van der Waals surface area contributed by atoms with Crippen LogP contribution >= 0.6 is 35.0 Å². The Hall–Kier alpha value is -2.46. The topological polar surface area (TPSA) is 73.2 Å². The number of rotatable bonds is 4. The number of thioether (sulfide) groups is 1. The van der Waals surface area contributed by atoms with E-state index >= 15 is 0 Å². The maximum atomic E-state index is 13.3. The van der Waals surface area contributed by atoms with Gasteiger partial charge < -0.3 is 5.32 Å². The summed E-state index contributed by atoms with van der Waals surface area (Å²) in [5.74, 6) is -0.724. The van der Waals surface area contributed by atoms with Gasteiger partial charge in [-0.1, -0.05) is 59.2 Å². The maximum Gasteiger partial charge on any atom is 0.264 e. The zero-order chi connectivity index (χ0) is 21.1. The number of nitriles is 1. The van der Waals surface area contributed by atoms with Gasteiger partial charge in [-0.05, 0) is 42.7 Å². The fourth-order valence-corrected chi connectivity index (χ4v) is 4.65. The van der Waals surface area contributed by atoms with Crippen molar-refractivity contribution in [1.29, 1.82) is 5.26 Å². The predicted octanol–water partition coefficient (Wildman–Crippen LogP) is 4.47. The van der Waals surface area contributed by atoms with Gasteiger partial charge >= 0.3 is 0 Å². The van der Waals surface area contributed by atoms with Crippen LogP contribution in [-0.2, 0) is 16.0 Å². The van der Waals surface area contributed by atoms with Crippen LogP contribution in [0, 0.1) is 18.3 Å². The highest BCUT2D eigenvalue weighted by molar-refractivity contribution is 8.05. The lowest BCUT2D eigenvalue weighted by Crippen LogP contribution is -2.31. The predicted molar refractivity (Wildman–Crippen MR) is 117 cm³/mol. The number of carbonyl (C=O) groups excluding carboxylic acids is 2. The molecule has 1 saturated heterocycles. The monoisotopic (exact) mass is 445 g/mol. The Labute approximate surface area is 183 Å². The first-order valence-corrected chi connectivity index (χ1v) is 10.4. The molecule has 1 heterocycles. The van der Waals surface area contributed by atoms with E-state index in [1.807, 2.05) is 37.3 Å². The van der Waals surface area contributed by atoms with E-state index in [0.29, 0.717) is 27.2 Å². The number of halogens is 2. The van der Waals surface area contributed by atoms with Crippen molar-refractivity contribution < 1.29 is 9.59 Å². The average molecular weight is 446 g/mol. The number of para-hydroxylation sites is 1. The van der Waals surface area contributed by atoms with Crippen LogP contribution in [0.1, 0.15) is 11.1 Å². The zero-order valence-electron chi connectivity index (χ0n) is 15.7. The van der Waals surface area contributed by atoms with Gasteiger partial charge in [-0.3, -0.25) is 14.5 Å². The van der Waals surface area contributed by atoms with Gasteiger partial charge in [0.1, 0.15) is 16.7 Å². The second kappa shape index (κ2) is 8.91. The molecule has 0 radical (unpaired) electrons. The highest BCUT2D eigenvalue weighted by atomic mass is 35.5. The second-order valence-corrected chi connectivity index (χ2v) is 8.40. The Morgan fingerprint density at radius 1 is 1.24 bits per heavy atom. The molecule has 0 saturated carbocycles. The molecule has 5 nitrogen and oxygen atoms in total. The van der Waals surface area contributed by atoms with Crippen molar-refractivity contribution in [1.82, 2.24) is 5.32 Å². The normalized spacial score (nSPS) is 17.8. The molecule has 1 N–H and O–H groups in total. The van der Waals surface area contributed by atoms with Crippen molar-refractivity contribution in [2.75, 3.05) is 11.9 Å². The molecule has 0 unspecified atom stereocenters. The lowest BCUT2D eigenvalue weighted by Gasteiger charge is -2.20. The minimum absolute atomic E-state index is 0.0919. The summed E-state index contributed by atoms with van der Waals surface area (Å²) in [7, 11) is 1.45. The third kappa shape index (κ3) is 4.27. The lowest BCUT2D eigenvalue weighted by atomic mass is 10.1. The molecule has 2 amide bonds. The summed E-state index contributed by atoms with van der Waals surface area (Å²) in [5.41, 5.74) is 2.26. The fourth-order valence-electron chi connectivity index (χ4n) is 3.03. The number of aryl methyl sites for hydroxylation is 1. The number of anilines is 1. The molecule has 29 heavy (non-hydrogen) atoms. The summed E-state index contributed by atoms with van der Waals surface area (Å²) >= 11 is 13.3. The molecule has 1 aliphatic rings. The van der Waals surface area contributed by atoms with E-state index in [0.717, 1.165) is 11.1 Å². The third-order valence-electron chi connectivity index (χ3n) is 4.49. The minimum atomic E-state index is -0.531. The molecule has 0 spiro atoms. The first-order chi connectivity index (χ1) is 13.9. The molecular weight excluding hydrogens is 429 g/mol. The number of hydrogen-bond acceptors (Lipinski definition) is 4. The standard InChI is InChI=1S/C21H17Cl2N3O2S/c1-12-5-3-4-6-17(12)26-20(28)18(10-13-7-8-15(22)16(23)9-13)29-21(26)14(11-24)19(27)25-2/h3-9,18H,10H2,1-2H3,(H,25,27)/b21-14-/t18-/m1/s1. The zero-order valence-corrected chi connectivity index (χ0v) is 18.0. The van der Waals surface area contributed by atoms with E-state index in [9.17, 15) is 14.9 Å². The van der Waals surface area contributed by atoms with E-state index in [2.05, 4.69) is 5.32 Å². The molecule has 2 aromatic carbocycles. The second-order valence-electron chi connectivity index (χ2n) is 6.39. The first kappa shape index (κ1) is 21.3. The molecule has 8 heteroatoms. The summed E-state index contributed by atoms with van der Waals surface area (Å²) in [5, 5.41) is 12.7. The van der Waals surface area contributed by atoms with Crippen molar-refractivity contribution in [3.63, 3.8) is 0 Å². The van der Waals surface area contributed by atoms with E-state index < -0.39 is 11.2 Å². The number of nitrogens with zero attached hydrogens (tertiary/aromatic N) is 2. The van der Waals surface area contributed by atoms with Crippen LogP contribution < -0.4 is 10.2 Å². The number of amides is 2. The van der Waals surface area contributed by atoms with Crippen molar-refractivity contribution in [3.8, 4) is 6.07 Å². The summed E-state index contributed by atoms with van der Waals surface area (Å²) in [6, 6.07) is 14.5.